The fourth-order valence-corrected chi connectivity index (χ4v) is 3.36. The SMILES string of the molecule is CCCCC1=C(C(=O)OCC)C(c2ccc(Oc3ccc(Cl)cc3)cc2)NC(=O)N1. The number of urea groups is 1. The van der Waals surface area contributed by atoms with Gasteiger partial charge in [-0.2, -0.15) is 0 Å². The highest BCUT2D eigenvalue weighted by Gasteiger charge is 2.33. The lowest BCUT2D eigenvalue weighted by molar-refractivity contribution is -0.139. The van der Waals surface area contributed by atoms with Crippen molar-refractivity contribution in [3.05, 3.63) is 70.4 Å². The van der Waals surface area contributed by atoms with Crippen molar-refractivity contribution >= 4 is 23.6 Å². The summed E-state index contributed by atoms with van der Waals surface area (Å²) in [4.78, 5) is 24.9. The number of nitrogens with one attached hydrogen (secondary N) is 2. The predicted molar refractivity (Wildman–Crippen MR) is 116 cm³/mol. The Bertz CT molecular complexity index is 923. The van der Waals surface area contributed by atoms with Gasteiger partial charge in [-0.1, -0.05) is 37.1 Å². The molecule has 2 N–H and O–H groups in total. The summed E-state index contributed by atoms with van der Waals surface area (Å²) in [6, 6.07) is 13.4. The van der Waals surface area contributed by atoms with Gasteiger partial charge >= 0.3 is 12.0 Å². The van der Waals surface area contributed by atoms with Gasteiger partial charge in [-0.25, -0.2) is 9.59 Å². The van der Waals surface area contributed by atoms with Crippen LogP contribution in [0.25, 0.3) is 0 Å². The molecule has 1 atom stereocenters. The first-order chi connectivity index (χ1) is 14.5. The summed E-state index contributed by atoms with van der Waals surface area (Å²) in [6.07, 6.45) is 2.41. The Morgan fingerprint density at radius 2 is 1.67 bits per heavy atom. The molecule has 0 radical (unpaired) electrons. The zero-order valence-electron chi connectivity index (χ0n) is 17.0. The maximum absolute atomic E-state index is 12.7. The molecule has 7 heteroatoms. The number of rotatable bonds is 8. The van der Waals surface area contributed by atoms with Crippen LogP contribution >= 0.6 is 11.6 Å². The topological polar surface area (TPSA) is 76.7 Å². The lowest BCUT2D eigenvalue weighted by atomic mass is 9.93. The molecule has 1 aliphatic rings. The van der Waals surface area contributed by atoms with E-state index in [4.69, 9.17) is 21.1 Å². The molecule has 1 heterocycles. The van der Waals surface area contributed by atoms with E-state index in [-0.39, 0.29) is 12.6 Å². The van der Waals surface area contributed by atoms with E-state index in [1.807, 2.05) is 12.1 Å². The molecule has 158 valence electrons. The van der Waals surface area contributed by atoms with Crippen LogP contribution in [0.5, 0.6) is 11.5 Å². The number of carbonyl (C=O) groups excluding carboxylic acids is 2. The average molecular weight is 429 g/mol. The van der Waals surface area contributed by atoms with E-state index in [9.17, 15) is 9.59 Å². The molecule has 0 aliphatic carbocycles. The number of allylic oxidation sites excluding steroid dienone is 1. The average Bonchev–Trinajstić information content (AvgIpc) is 2.74. The van der Waals surface area contributed by atoms with E-state index in [0.29, 0.717) is 34.2 Å². The molecule has 0 fully saturated rings. The predicted octanol–water partition coefficient (Wildman–Crippen LogP) is 5.49. The first-order valence-corrected chi connectivity index (χ1v) is 10.4. The van der Waals surface area contributed by atoms with Gasteiger partial charge in [-0.05, 0) is 61.7 Å². The number of ether oxygens (including phenoxy) is 2. The van der Waals surface area contributed by atoms with Gasteiger partial charge in [0, 0.05) is 10.7 Å². The number of halogens is 1. The van der Waals surface area contributed by atoms with Gasteiger partial charge in [-0.15, -0.1) is 0 Å². The lowest BCUT2D eigenvalue weighted by Gasteiger charge is -2.29. The maximum atomic E-state index is 12.7. The first kappa shape index (κ1) is 21.7. The van der Waals surface area contributed by atoms with Gasteiger partial charge in [-0.3, -0.25) is 0 Å². The van der Waals surface area contributed by atoms with Crippen LogP contribution < -0.4 is 15.4 Å². The normalized spacial score (nSPS) is 16.0. The Morgan fingerprint density at radius 3 is 2.27 bits per heavy atom. The van der Waals surface area contributed by atoms with Crippen LogP contribution in [0.15, 0.2) is 59.8 Å². The number of amides is 2. The minimum atomic E-state index is -0.589. The molecule has 2 aromatic carbocycles. The fraction of sp³-hybridized carbons (Fsp3) is 0.304. The molecule has 0 spiro atoms. The third-order valence-corrected chi connectivity index (χ3v) is 4.94. The highest BCUT2D eigenvalue weighted by atomic mass is 35.5. The van der Waals surface area contributed by atoms with Crippen molar-refractivity contribution in [1.29, 1.82) is 0 Å². The molecule has 2 amide bonds. The first-order valence-electron chi connectivity index (χ1n) is 10.0. The molecule has 2 aromatic rings. The van der Waals surface area contributed by atoms with E-state index in [2.05, 4.69) is 17.6 Å². The van der Waals surface area contributed by atoms with Gasteiger partial charge in [0.15, 0.2) is 0 Å². The molecule has 30 heavy (non-hydrogen) atoms. The van der Waals surface area contributed by atoms with Gasteiger partial charge < -0.3 is 20.1 Å². The number of benzene rings is 2. The third-order valence-electron chi connectivity index (χ3n) is 4.69. The molecule has 1 aliphatic heterocycles. The third kappa shape index (κ3) is 5.33. The smallest absolute Gasteiger partial charge is 0.338 e. The number of carbonyl (C=O) groups is 2. The van der Waals surface area contributed by atoms with Crippen molar-refractivity contribution in [2.24, 2.45) is 0 Å². The molecular weight excluding hydrogens is 404 g/mol. The summed E-state index contributed by atoms with van der Waals surface area (Å²) < 4.78 is 11.1. The van der Waals surface area contributed by atoms with Crippen LogP contribution in [0.1, 0.15) is 44.7 Å². The minimum absolute atomic E-state index is 0.262. The van der Waals surface area contributed by atoms with E-state index >= 15 is 0 Å². The summed E-state index contributed by atoms with van der Waals surface area (Å²) >= 11 is 5.90. The largest absolute Gasteiger partial charge is 0.463 e. The van der Waals surface area contributed by atoms with Crippen LogP contribution in [0, 0.1) is 0 Å². The van der Waals surface area contributed by atoms with E-state index < -0.39 is 12.0 Å². The standard InChI is InChI=1S/C23H25ClN2O4/c1-3-5-6-19-20(22(27)29-4-2)21(26-23(28)25-19)15-7-11-17(12-8-15)30-18-13-9-16(24)10-14-18/h7-14,21H,3-6H2,1-2H3,(H2,25,26,28). The van der Waals surface area contributed by atoms with Gasteiger partial charge in [0.2, 0.25) is 0 Å². The molecule has 3 rings (SSSR count). The summed E-state index contributed by atoms with van der Waals surface area (Å²) in [5.74, 6) is 0.869. The highest BCUT2D eigenvalue weighted by Crippen LogP contribution is 2.31. The van der Waals surface area contributed by atoms with Gasteiger partial charge in [0.1, 0.15) is 11.5 Å². The van der Waals surface area contributed by atoms with Gasteiger partial charge in [0.05, 0.1) is 18.2 Å². The van der Waals surface area contributed by atoms with Crippen molar-refractivity contribution < 1.29 is 19.1 Å². The highest BCUT2D eigenvalue weighted by molar-refractivity contribution is 6.30. The minimum Gasteiger partial charge on any atom is -0.463 e. The van der Waals surface area contributed by atoms with E-state index in [0.717, 1.165) is 18.4 Å². The fourth-order valence-electron chi connectivity index (χ4n) is 3.24. The molecule has 1 unspecified atom stereocenters. The summed E-state index contributed by atoms with van der Waals surface area (Å²) in [5, 5.41) is 6.26. The monoisotopic (exact) mass is 428 g/mol. The van der Waals surface area contributed by atoms with Gasteiger partial charge in [0.25, 0.3) is 0 Å². The lowest BCUT2D eigenvalue weighted by Crippen LogP contribution is -2.46. The quantitative estimate of drug-likeness (QED) is 0.545. The van der Waals surface area contributed by atoms with Crippen molar-refractivity contribution in [2.45, 2.75) is 39.2 Å². The van der Waals surface area contributed by atoms with Crippen molar-refractivity contribution in [3.8, 4) is 11.5 Å². The van der Waals surface area contributed by atoms with Crippen LogP contribution in [0.2, 0.25) is 5.02 Å². The van der Waals surface area contributed by atoms with Crippen LogP contribution in [-0.4, -0.2) is 18.6 Å². The molecule has 0 aromatic heterocycles. The Hall–Kier alpha value is -2.99. The van der Waals surface area contributed by atoms with E-state index in [1.165, 1.54) is 0 Å². The summed E-state index contributed by atoms with van der Waals surface area (Å²) in [6.45, 7) is 4.08. The number of hydrogen-bond acceptors (Lipinski definition) is 4. The van der Waals surface area contributed by atoms with Crippen molar-refractivity contribution in [2.75, 3.05) is 6.61 Å². The molecule has 0 bridgehead atoms. The molecular formula is C23H25ClN2O4. The molecule has 0 saturated carbocycles. The van der Waals surface area contributed by atoms with Crippen LogP contribution in [0.3, 0.4) is 0 Å². The number of hydrogen-bond donors (Lipinski definition) is 2. The van der Waals surface area contributed by atoms with Crippen LogP contribution in [0.4, 0.5) is 4.79 Å². The summed E-state index contributed by atoms with van der Waals surface area (Å²) in [7, 11) is 0. The summed E-state index contributed by atoms with van der Waals surface area (Å²) in [5.41, 5.74) is 1.83. The van der Waals surface area contributed by atoms with Crippen molar-refractivity contribution in [3.63, 3.8) is 0 Å². The van der Waals surface area contributed by atoms with Crippen molar-refractivity contribution in [1.82, 2.24) is 10.6 Å². The van der Waals surface area contributed by atoms with Crippen LogP contribution in [-0.2, 0) is 9.53 Å². The number of unbranched alkanes of at least 4 members (excludes halogenated alkanes) is 1. The second-order valence-electron chi connectivity index (χ2n) is 6.87. The number of esters is 1. The van der Waals surface area contributed by atoms with E-state index in [1.54, 1.807) is 43.3 Å². The Kier molecular flexibility index (Phi) is 7.36. The Labute approximate surface area is 181 Å². The molecule has 0 saturated heterocycles. The zero-order valence-corrected chi connectivity index (χ0v) is 17.8. The maximum Gasteiger partial charge on any atom is 0.338 e. The Balaban J connectivity index is 1.87. The second kappa shape index (κ2) is 10.2. The second-order valence-corrected chi connectivity index (χ2v) is 7.31. The molecule has 6 nitrogen and oxygen atoms in total. The Morgan fingerprint density at radius 1 is 1.03 bits per heavy atom. The zero-order chi connectivity index (χ0) is 21.5.